The van der Waals surface area contributed by atoms with Gasteiger partial charge in [-0.2, -0.15) is 0 Å². The van der Waals surface area contributed by atoms with Gasteiger partial charge in [-0.25, -0.2) is 4.79 Å². The van der Waals surface area contributed by atoms with Crippen LogP contribution < -0.4 is 21.7 Å². The molecule has 0 fully saturated rings. The number of anilines is 1. The summed E-state index contributed by atoms with van der Waals surface area (Å²) < 4.78 is 8.46. The summed E-state index contributed by atoms with van der Waals surface area (Å²) in [5.41, 5.74) is 5.69. The number of aromatic nitrogens is 2. The lowest BCUT2D eigenvalue weighted by Gasteiger charge is -2.11. The molecule has 0 aliphatic carbocycles. The second kappa shape index (κ2) is 6.17. The smallest absolute Gasteiger partial charge is 0.331 e. The Morgan fingerprint density at radius 2 is 2.05 bits per heavy atom. The van der Waals surface area contributed by atoms with Gasteiger partial charge in [0.05, 0.1) is 18.1 Å². The quantitative estimate of drug-likeness (QED) is 0.901. The van der Waals surface area contributed by atoms with E-state index < -0.39 is 5.56 Å². The second-order valence-electron chi connectivity index (χ2n) is 4.51. The molecular weight excluding hydrogens is 338 g/mol. The van der Waals surface area contributed by atoms with Gasteiger partial charge in [-0.05, 0) is 40.5 Å². The van der Waals surface area contributed by atoms with Gasteiger partial charge in [0.1, 0.15) is 11.4 Å². The second-order valence-corrected chi connectivity index (χ2v) is 5.37. The standard InChI is InChI=1S/C14H16BrN3O3/c1-3-17-8-11(16)13(19)18(14(17)20)7-9-4-5-12(21-2)10(15)6-9/h4-6,8H,3,7,16H2,1-2H3. The van der Waals surface area contributed by atoms with Gasteiger partial charge in [0.15, 0.2) is 0 Å². The summed E-state index contributed by atoms with van der Waals surface area (Å²) in [6.45, 7) is 2.43. The zero-order chi connectivity index (χ0) is 15.6. The van der Waals surface area contributed by atoms with Crippen molar-refractivity contribution in [2.75, 3.05) is 12.8 Å². The molecule has 0 amide bonds. The highest BCUT2D eigenvalue weighted by molar-refractivity contribution is 9.10. The van der Waals surface area contributed by atoms with Crippen LogP contribution in [0.4, 0.5) is 5.69 Å². The van der Waals surface area contributed by atoms with E-state index in [1.807, 2.05) is 13.0 Å². The van der Waals surface area contributed by atoms with Crippen LogP contribution in [-0.2, 0) is 13.1 Å². The summed E-state index contributed by atoms with van der Waals surface area (Å²) in [5.74, 6) is 0.685. The molecule has 6 nitrogen and oxygen atoms in total. The van der Waals surface area contributed by atoms with Crippen molar-refractivity contribution in [1.82, 2.24) is 9.13 Å². The molecule has 1 aromatic heterocycles. The number of hydrogen-bond acceptors (Lipinski definition) is 4. The van der Waals surface area contributed by atoms with Gasteiger partial charge in [0.25, 0.3) is 5.56 Å². The molecule has 21 heavy (non-hydrogen) atoms. The maximum atomic E-state index is 12.2. The Morgan fingerprint density at radius 1 is 1.33 bits per heavy atom. The molecule has 7 heteroatoms. The third-order valence-electron chi connectivity index (χ3n) is 3.16. The van der Waals surface area contributed by atoms with Crippen LogP contribution in [0.3, 0.4) is 0 Å². The summed E-state index contributed by atoms with van der Waals surface area (Å²) in [5, 5.41) is 0. The van der Waals surface area contributed by atoms with E-state index in [2.05, 4.69) is 15.9 Å². The molecule has 1 heterocycles. The van der Waals surface area contributed by atoms with Gasteiger partial charge in [0.2, 0.25) is 0 Å². The summed E-state index contributed by atoms with van der Waals surface area (Å²) >= 11 is 3.38. The van der Waals surface area contributed by atoms with E-state index in [0.717, 1.165) is 14.6 Å². The number of nitrogens with two attached hydrogens (primary N) is 1. The van der Waals surface area contributed by atoms with Crippen LogP contribution in [0, 0.1) is 0 Å². The lowest BCUT2D eigenvalue weighted by molar-refractivity contribution is 0.412. The fourth-order valence-corrected chi connectivity index (χ4v) is 2.62. The lowest BCUT2D eigenvalue weighted by atomic mass is 10.2. The molecule has 0 atom stereocenters. The van der Waals surface area contributed by atoms with Crippen LogP contribution in [0.2, 0.25) is 0 Å². The lowest BCUT2D eigenvalue weighted by Crippen LogP contribution is -2.40. The minimum Gasteiger partial charge on any atom is -0.496 e. The van der Waals surface area contributed by atoms with Crippen LogP contribution in [0.25, 0.3) is 0 Å². The van der Waals surface area contributed by atoms with Gasteiger partial charge >= 0.3 is 5.69 Å². The Hall–Kier alpha value is -2.02. The van der Waals surface area contributed by atoms with E-state index in [9.17, 15) is 9.59 Å². The van der Waals surface area contributed by atoms with Crippen LogP contribution in [0.1, 0.15) is 12.5 Å². The molecular formula is C14H16BrN3O3. The Morgan fingerprint density at radius 3 is 2.62 bits per heavy atom. The van der Waals surface area contributed by atoms with E-state index in [1.165, 1.54) is 10.8 Å². The van der Waals surface area contributed by atoms with Crippen LogP contribution in [-0.4, -0.2) is 16.2 Å². The normalized spacial score (nSPS) is 10.6. The van der Waals surface area contributed by atoms with Gasteiger partial charge < -0.3 is 10.5 Å². The van der Waals surface area contributed by atoms with Crippen molar-refractivity contribution in [2.24, 2.45) is 0 Å². The first-order chi connectivity index (χ1) is 9.97. The van der Waals surface area contributed by atoms with Crippen molar-refractivity contribution in [1.29, 1.82) is 0 Å². The van der Waals surface area contributed by atoms with Crippen molar-refractivity contribution in [3.8, 4) is 5.75 Å². The molecule has 112 valence electrons. The maximum Gasteiger partial charge on any atom is 0.331 e. The van der Waals surface area contributed by atoms with Crippen molar-refractivity contribution in [2.45, 2.75) is 20.0 Å². The van der Waals surface area contributed by atoms with Crippen molar-refractivity contribution < 1.29 is 4.74 Å². The SMILES string of the molecule is CCn1cc(N)c(=O)n(Cc2ccc(OC)c(Br)c2)c1=O. The topological polar surface area (TPSA) is 79.2 Å². The summed E-state index contributed by atoms with van der Waals surface area (Å²) in [6, 6.07) is 5.38. The van der Waals surface area contributed by atoms with E-state index in [1.54, 1.807) is 19.2 Å². The molecule has 0 saturated carbocycles. The third-order valence-corrected chi connectivity index (χ3v) is 3.78. The largest absolute Gasteiger partial charge is 0.496 e. The number of halogens is 1. The number of methoxy groups -OCH3 is 1. The van der Waals surface area contributed by atoms with Crippen LogP contribution in [0.15, 0.2) is 38.5 Å². The molecule has 0 bridgehead atoms. The third kappa shape index (κ3) is 3.02. The van der Waals surface area contributed by atoms with Crippen molar-refractivity contribution >= 4 is 21.6 Å². The zero-order valence-electron chi connectivity index (χ0n) is 11.8. The average molecular weight is 354 g/mol. The molecule has 0 unspecified atom stereocenters. The fraction of sp³-hybridized carbons (Fsp3) is 0.286. The van der Waals surface area contributed by atoms with E-state index >= 15 is 0 Å². The number of rotatable bonds is 4. The Bertz CT molecular complexity index is 780. The molecule has 0 spiro atoms. The average Bonchev–Trinajstić information content (AvgIpc) is 2.47. The first kappa shape index (κ1) is 15.4. The molecule has 0 radical (unpaired) electrons. The first-order valence-electron chi connectivity index (χ1n) is 6.40. The van der Waals surface area contributed by atoms with Crippen LogP contribution in [0.5, 0.6) is 5.75 Å². The Balaban J connectivity index is 2.49. The van der Waals surface area contributed by atoms with Crippen molar-refractivity contribution in [3.05, 3.63) is 55.3 Å². The molecule has 0 aliphatic rings. The molecule has 0 saturated heterocycles. The number of ether oxygens (including phenoxy) is 1. The zero-order valence-corrected chi connectivity index (χ0v) is 13.4. The van der Waals surface area contributed by atoms with E-state index in [4.69, 9.17) is 10.5 Å². The molecule has 1 aromatic carbocycles. The highest BCUT2D eigenvalue weighted by Crippen LogP contribution is 2.25. The monoisotopic (exact) mass is 353 g/mol. The van der Waals surface area contributed by atoms with E-state index in [0.29, 0.717) is 12.3 Å². The minimum absolute atomic E-state index is 0.0593. The number of nitrogen functional groups attached to an aromatic ring is 1. The molecule has 2 rings (SSSR count). The first-order valence-corrected chi connectivity index (χ1v) is 7.19. The molecule has 2 aromatic rings. The highest BCUT2D eigenvalue weighted by Gasteiger charge is 2.10. The summed E-state index contributed by atoms with van der Waals surface area (Å²) in [7, 11) is 1.57. The van der Waals surface area contributed by atoms with Crippen LogP contribution >= 0.6 is 15.9 Å². The highest BCUT2D eigenvalue weighted by atomic mass is 79.9. The summed E-state index contributed by atoms with van der Waals surface area (Å²) in [6.07, 6.45) is 1.38. The number of hydrogen-bond donors (Lipinski definition) is 1. The fourth-order valence-electron chi connectivity index (χ4n) is 2.03. The molecule has 2 N–H and O–H groups in total. The maximum absolute atomic E-state index is 12.2. The summed E-state index contributed by atoms with van der Waals surface area (Å²) in [4.78, 5) is 24.3. The van der Waals surface area contributed by atoms with Gasteiger partial charge in [-0.1, -0.05) is 6.07 Å². The predicted molar refractivity (Wildman–Crippen MR) is 84.8 cm³/mol. The van der Waals surface area contributed by atoms with Crippen molar-refractivity contribution in [3.63, 3.8) is 0 Å². The number of aryl methyl sites for hydroxylation is 1. The Labute approximate surface area is 129 Å². The number of benzene rings is 1. The van der Waals surface area contributed by atoms with Gasteiger partial charge in [-0.15, -0.1) is 0 Å². The predicted octanol–water partition coefficient (Wildman–Crippen LogP) is 1.43. The van der Waals surface area contributed by atoms with Gasteiger partial charge in [-0.3, -0.25) is 13.9 Å². The Kier molecular flexibility index (Phi) is 4.52. The molecule has 0 aliphatic heterocycles. The van der Waals surface area contributed by atoms with Gasteiger partial charge in [0, 0.05) is 12.7 Å². The van der Waals surface area contributed by atoms with E-state index in [-0.39, 0.29) is 17.9 Å². The minimum atomic E-state index is -0.475. The number of nitrogens with zero attached hydrogens (tertiary/aromatic N) is 2.